The predicted octanol–water partition coefficient (Wildman–Crippen LogP) is 5.33. The monoisotopic (exact) mass is 530 g/mol. The Bertz CT molecular complexity index is 849. The molecule has 0 radical (unpaired) electrons. The van der Waals surface area contributed by atoms with E-state index in [2.05, 4.69) is 15.3 Å². The molecule has 2 saturated carbocycles. The van der Waals surface area contributed by atoms with Gasteiger partial charge in [-0.1, -0.05) is 0 Å². The summed E-state index contributed by atoms with van der Waals surface area (Å²) in [5, 5.41) is 10.7. The number of H-pyrrole nitrogens is 1. The zero-order valence-corrected chi connectivity index (χ0v) is 20.4. The highest BCUT2D eigenvalue weighted by atomic mass is 35.5. The smallest absolute Gasteiger partial charge is 0.446 e. The highest BCUT2D eigenvalue weighted by Crippen LogP contribution is 2.25. The highest BCUT2D eigenvalue weighted by molar-refractivity contribution is 6.40. The maximum absolute atomic E-state index is 11.6. The van der Waals surface area contributed by atoms with Crippen LogP contribution in [0.1, 0.15) is 46.5 Å². The van der Waals surface area contributed by atoms with Crippen molar-refractivity contribution in [1.29, 1.82) is 0 Å². The summed E-state index contributed by atoms with van der Waals surface area (Å²) in [6, 6.07) is 3.50. The molecule has 2 aromatic rings. The van der Waals surface area contributed by atoms with E-state index >= 15 is 0 Å². The first-order valence-corrected chi connectivity index (χ1v) is 11.2. The molecule has 0 unspecified atom stereocenters. The minimum Gasteiger partial charge on any atom is -0.475 e. The van der Waals surface area contributed by atoms with Gasteiger partial charge in [0.25, 0.3) is 0 Å². The Morgan fingerprint density at radius 2 is 1.68 bits per heavy atom. The van der Waals surface area contributed by atoms with Crippen LogP contribution in [0.3, 0.4) is 0 Å². The fourth-order valence-electron chi connectivity index (χ4n) is 1.81. The van der Waals surface area contributed by atoms with Gasteiger partial charge in [-0.05, 0) is 46.5 Å². The number of aldehydes is 1. The summed E-state index contributed by atoms with van der Waals surface area (Å²) >= 11 is 9.53. The first-order valence-electron chi connectivity index (χ1n) is 10.1. The van der Waals surface area contributed by atoms with Gasteiger partial charge in [-0.3, -0.25) is 4.79 Å². The van der Waals surface area contributed by atoms with Crippen LogP contribution in [0.4, 0.5) is 18.0 Å². The lowest BCUT2D eigenvalue weighted by Gasteiger charge is -2.18. The maximum Gasteiger partial charge on any atom is 0.446 e. The van der Waals surface area contributed by atoms with Crippen LogP contribution in [0.25, 0.3) is 0 Å². The molecule has 0 saturated heterocycles. The normalized spacial score (nSPS) is 14.7. The molecule has 2 fully saturated rings. The van der Waals surface area contributed by atoms with Crippen LogP contribution in [0.2, 0.25) is 0 Å². The lowest BCUT2D eigenvalue weighted by molar-refractivity contribution is -0.156. The fourth-order valence-corrected chi connectivity index (χ4v) is 1.81. The minimum absolute atomic E-state index is 0.194. The largest absolute Gasteiger partial charge is 0.475 e. The molecular weight excluding hydrogens is 504 g/mol. The van der Waals surface area contributed by atoms with Gasteiger partial charge in [-0.15, -0.1) is 28.3 Å². The van der Waals surface area contributed by atoms with Crippen molar-refractivity contribution in [2.24, 2.45) is 0 Å². The van der Waals surface area contributed by atoms with Crippen LogP contribution >= 0.6 is 23.2 Å². The molecule has 1 N–H and O–H groups in total. The molecule has 0 atom stereocenters. The van der Waals surface area contributed by atoms with Crippen molar-refractivity contribution in [3.8, 4) is 11.8 Å². The Kier molecular flexibility index (Phi) is 12.2. The quantitative estimate of drug-likeness (QED) is 0.420. The number of nitrogens with one attached hydrogen (secondary N) is 1. The van der Waals surface area contributed by atoms with Gasteiger partial charge in [-0.25, -0.2) is 9.89 Å². The summed E-state index contributed by atoms with van der Waals surface area (Å²) in [5.74, 6) is 1.27. The van der Waals surface area contributed by atoms with Gasteiger partial charge < -0.3 is 14.2 Å². The van der Waals surface area contributed by atoms with Crippen LogP contribution in [0, 0.1) is 0 Å². The molecular formula is C20H27Cl2F3N4O5. The zero-order chi connectivity index (χ0) is 25.8. The van der Waals surface area contributed by atoms with Gasteiger partial charge in [0.2, 0.25) is 18.0 Å². The van der Waals surface area contributed by atoms with E-state index in [9.17, 15) is 18.0 Å². The Balaban J connectivity index is 0.000000270. The number of hydrogen-bond donors (Lipinski definition) is 1. The summed E-state index contributed by atoms with van der Waals surface area (Å²) in [5.41, 5.74) is -0.513. The van der Waals surface area contributed by atoms with Crippen molar-refractivity contribution < 1.29 is 37.0 Å². The van der Waals surface area contributed by atoms with E-state index < -0.39 is 24.2 Å². The van der Waals surface area contributed by atoms with Gasteiger partial charge in [-0.2, -0.15) is 23.0 Å². The van der Waals surface area contributed by atoms with Crippen LogP contribution in [-0.2, 0) is 9.53 Å². The highest BCUT2D eigenvalue weighted by Gasteiger charge is 2.26. The summed E-state index contributed by atoms with van der Waals surface area (Å²) in [6.45, 7) is 5.45. The number of ether oxygens (including phenoxy) is 3. The predicted molar refractivity (Wildman–Crippen MR) is 118 cm³/mol. The number of aromatic nitrogens is 4. The van der Waals surface area contributed by atoms with Crippen LogP contribution in [-0.4, -0.2) is 61.7 Å². The maximum atomic E-state index is 11.6. The van der Waals surface area contributed by atoms with E-state index in [0.717, 1.165) is 23.4 Å². The van der Waals surface area contributed by atoms with Crippen molar-refractivity contribution in [3.63, 3.8) is 0 Å². The Hall–Kier alpha value is -2.47. The lowest BCUT2D eigenvalue weighted by atomic mass is 10.2. The van der Waals surface area contributed by atoms with E-state index in [1.807, 2.05) is 26.8 Å². The van der Waals surface area contributed by atoms with E-state index in [4.69, 9.17) is 42.2 Å². The zero-order valence-electron chi connectivity index (χ0n) is 18.8. The topological polar surface area (TPSA) is 108 Å². The molecule has 0 spiro atoms. The van der Waals surface area contributed by atoms with Crippen molar-refractivity contribution >= 4 is 35.6 Å². The number of halogens is 5. The SMILES string of the molecule is CC(C)(C)OC(=O)n1ccc(OC2CC2)n1.ClCCl.O=CC(F)(F)F.c1cc(OC2CC2)[nH]n1. The molecule has 0 aliphatic heterocycles. The van der Waals surface area contributed by atoms with Gasteiger partial charge in [0, 0.05) is 18.3 Å². The molecule has 14 heteroatoms. The molecule has 2 heterocycles. The molecule has 2 aliphatic carbocycles. The number of rotatable bonds is 4. The number of carbonyl (C=O) groups excluding carboxylic acids is 2. The summed E-state index contributed by atoms with van der Waals surface area (Å²) in [4.78, 5) is 20.3. The number of carbonyl (C=O) groups is 2. The molecule has 2 aliphatic rings. The number of nitrogens with zero attached hydrogens (tertiary/aromatic N) is 3. The van der Waals surface area contributed by atoms with E-state index in [-0.39, 0.29) is 11.4 Å². The Morgan fingerprint density at radius 3 is 2.09 bits per heavy atom. The standard InChI is InChI=1S/C11H16N2O3.C6H8N2O.C2HF3O.CH2Cl2/c1-11(2,3)16-10(14)13-7-6-9(12-13)15-8-4-5-8;1-2-5(1)9-6-3-4-7-8-6;3-2(4,5)1-6;2-1-3/h6-8H,4-5H2,1-3H3;3-5H,1-2H2,(H,7,8);1H;1H2. The van der Waals surface area contributed by atoms with E-state index in [1.54, 1.807) is 18.5 Å². The summed E-state index contributed by atoms with van der Waals surface area (Å²) < 4.78 is 48.4. The minimum atomic E-state index is -4.64. The first kappa shape index (κ1) is 29.6. The number of hydrogen-bond acceptors (Lipinski definition) is 7. The van der Waals surface area contributed by atoms with Crippen molar-refractivity contribution in [3.05, 3.63) is 24.5 Å². The van der Waals surface area contributed by atoms with Gasteiger partial charge >= 0.3 is 12.3 Å². The van der Waals surface area contributed by atoms with Crippen LogP contribution < -0.4 is 9.47 Å². The first-order chi connectivity index (χ1) is 15.9. The second-order valence-electron chi connectivity index (χ2n) is 7.89. The van der Waals surface area contributed by atoms with Crippen molar-refractivity contribution in [2.45, 2.75) is 70.4 Å². The molecule has 192 valence electrons. The molecule has 0 amide bonds. The van der Waals surface area contributed by atoms with Gasteiger partial charge in [0.1, 0.15) is 17.8 Å². The van der Waals surface area contributed by atoms with Crippen molar-refractivity contribution in [2.75, 3.05) is 5.34 Å². The molecule has 0 bridgehead atoms. The third-order valence-electron chi connectivity index (χ3n) is 3.38. The third kappa shape index (κ3) is 15.4. The van der Waals surface area contributed by atoms with Gasteiger partial charge in [0.05, 0.1) is 11.5 Å². The summed E-state index contributed by atoms with van der Waals surface area (Å²) in [7, 11) is 0. The molecule has 4 rings (SSSR count). The molecule has 0 aromatic carbocycles. The van der Waals surface area contributed by atoms with Crippen LogP contribution in [0.5, 0.6) is 11.8 Å². The molecule has 34 heavy (non-hydrogen) atoms. The summed E-state index contributed by atoms with van der Waals surface area (Å²) in [6.07, 6.45) is 2.32. The average Bonchev–Trinajstić information content (AvgIpc) is 3.60. The fraction of sp³-hybridized carbons (Fsp3) is 0.600. The van der Waals surface area contributed by atoms with E-state index in [1.165, 1.54) is 12.8 Å². The van der Waals surface area contributed by atoms with Crippen molar-refractivity contribution in [1.82, 2.24) is 20.0 Å². The lowest BCUT2D eigenvalue weighted by Crippen LogP contribution is -2.27. The van der Waals surface area contributed by atoms with Crippen LogP contribution in [0.15, 0.2) is 24.5 Å². The average molecular weight is 531 g/mol. The Morgan fingerprint density at radius 1 is 1.15 bits per heavy atom. The van der Waals surface area contributed by atoms with Gasteiger partial charge in [0.15, 0.2) is 0 Å². The second-order valence-corrected chi connectivity index (χ2v) is 8.70. The number of aromatic amines is 1. The number of alkyl halides is 5. The Labute approximate surface area is 204 Å². The molecule has 9 nitrogen and oxygen atoms in total. The second kappa shape index (κ2) is 14.1. The molecule has 2 aromatic heterocycles. The third-order valence-corrected chi connectivity index (χ3v) is 3.38. The van der Waals surface area contributed by atoms with E-state index in [0.29, 0.717) is 12.0 Å².